The third-order valence-corrected chi connectivity index (χ3v) is 3.43. The van der Waals surface area contributed by atoms with Crippen LogP contribution in [0, 0.1) is 0 Å². The van der Waals surface area contributed by atoms with Crippen molar-refractivity contribution in [1.29, 1.82) is 0 Å². The molecule has 3 rings (SSSR count). The van der Waals surface area contributed by atoms with Gasteiger partial charge < -0.3 is 14.6 Å². The van der Waals surface area contributed by atoms with E-state index in [1.165, 1.54) is 0 Å². The van der Waals surface area contributed by atoms with Crippen LogP contribution in [0.5, 0.6) is 17.2 Å². The van der Waals surface area contributed by atoms with Crippen molar-refractivity contribution in [2.75, 3.05) is 13.2 Å². The molecular formula is C18H16O4. The maximum atomic E-state index is 12.5. The Bertz CT molecular complexity index is 747. The van der Waals surface area contributed by atoms with Gasteiger partial charge in [0.2, 0.25) is 0 Å². The van der Waals surface area contributed by atoms with E-state index in [0.717, 1.165) is 5.56 Å². The van der Waals surface area contributed by atoms with E-state index in [1.54, 1.807) is 36.4 Å². The molecule has 1 N–H and O–H groups in total. The van der Waals surface area contributed by atoms with Crippen molar-refractivity contribution in [3.05, 3.63) is 59.2 Å². The fourth-order valence-corrected chi connectivity index (χ4v) is 2.37. The lowest BCUT2D eigenvalue weighted by Crippen LogP contribution is -2.18. The molecule has 0 amide bonds. The van der Waals surface area contributed by atoms with Crippen LogP contribution >= 0.6 is 0 Å². The van der Waals surface area contributed by atoms with Crippen molar-refractivity contribution in [2.24, 2.45) is 0 Å². The molecule has 0 atom stereocenters. The number of hydrogen-bond acceptors (Lipinski definition) is 4. The quantitative estimate of drug-likeness (QED) is 0.881. The number of para-hydroxylation sites is 1. The summed E-state index contributed by atoms with van der Waals surface area (Å²) in [5, 5.41) is 9.72. The molecule has 0 aliphatic carbocycles. The monoisotopic (exact) mass is 296 g/mol. The summed E-state index contributed by atoms with van der Waals surface area (Å²) in [5.41, 5.74) is 1.93. The van der Waals surface area contributed by atoms with Gasteiger partial charge in [-0.2, -0.15) is 0 Å². The highest BCUT2D eigenvalue weighted by Crippen LogP contribution is 2.30. The zero-order valence-electron chi connectivity index (χ0n) is 12.2. The molecule has 0 saturated carbocycles. The first-order valence-electron chi connectivity index (χ1n) is 7.12. The van der Waals surface area contributed by atoms with Gasteiger partial charge in [0.15, 0.2) is 17.3 Å². The Morgan fingerprint density at radius 3 is 2.91 bits per heavy atom. The number of Topliss-reactive ketones (excluding diaryl/α,β-unsaturated/α-hetero) is 1. The standard InChI is InChI=1S/C18H16O4/c1-2-21-17-10-12(7-8-15(17)19)9-13-11-22-16-6-4-3-5-14(16)18(13)20/h3-10,19H,2,11H2,1H3/b13-9+. The first-order chi connectivity index (χ1) is 10.7. The summed E-state index contributed by atoms with van der Waals surface area (Å²) in [6, 6.07) is 12.2. The van der Waals surface area contributed by atoms with Crippen LogP contribution in [0.15, 0.2) is 48.0 Å². The zero-order valence-corrected chi connectivity index (χ0v) is 12.2. The Morgan fingerprint density at radius 1 is 1.27 bits per heavy atom. The van der Waals surface area contributed by atoms with Crippen molar-refractivity contribution < 1.29 is 19.4 Å². The van der Waals surface area contributed by atoms with Crippen LogP contribution in [0.25, 0.3) is 6.08 Å². The molecular weight excluding hydrogens is 280 g/mol. The minimum atomic E-state index is -0.0344. The number of phenols is 1. The van der Waals surface area contributed by atoms with Gasteiger partial charge in [0.1, 0.15) is 12.4 Å². The van der Waals surface area contributed by atoms with Crippen molar-refractivity contribution in [3.8, 4) is 17.2 Å². The minimum absolute atomic E-state index is 0.0344. The van der Waals surface area contributed by atoms with Crippen LogP contribution in [-0.2, 0) is 0 Å². The highest BCUT2D eigenvalue weighted by atomic mass is 16.5. The van der Waals surface area contributed by atoms with E-state index in [1.807, 2.05) is 19.1 Å². The molecule has 0 radical (unpaired) electrons. The molecule has 1 aliphatic rings. The maximum Gasteiger partial charge on any atom is 0.196 e. The topological polar surface area (TPSA) is 55.8 Å². The molecule has 112 valence electrons. The normalized spacial score (nSPS) is 15.3. The number of carbonyl (C=O) groups excluding carboxylic acids is 1. The van der Waals surface area contributed by atoms with Crippen LogP contribution in [-0.4, -0.2) is 24.1 Å². The lowest BCUT2D eigenvalue weighted by atomic mass is 9.98. The number of carbonyl (C=O) groups is 1. The van der Waals surface area contributed by atoms with Crippen LogP contribution in [0.3, 0.4) is 0 Å². The molecule has 1 heterocycles. The lowest BCUT2D eigenvalue weighted by molar-refractivity contribution is 0.100. The number of ether oxygens (including phenoxy) is 2. The molecule has 22 heavy (non-hydrogen) atoms. The average molecular weight is 296 g/mol. The predicted octanol–water partition coefficient (Wildman–Crippen LogP) is 3.45. The van der Waals surface area contributed by atoms with Crippen molar-refractivity contribution >= 4 is 11.9 Å². The fraction of sp³-hybridized carbons (Fsp3) is 0.167. The summed E-state index contributed by atoms with van der Waals surface area (Å²) in [5.74, 6) is 1.07. The van der Waals surface area contributed by atoms with Gasteiger partial charge in [-0.25, -0.2) is 0 Å². The molecule has 0 unspecified atom stereocenters. The van der Waals surface area contributed by atoms with Gasteiger partial charge >= 0.3 is 0 Å². The summed E-state index contributed by atoms with van der Waals surface area (Å²) < 4.78 is 11.0. The predicted molar refractivity (Wildman–Crippen MR) is 83.5 cm³/mol. The number of ketones is 1. The number of benzene rings is 2. The largest absolute Gasteiger partial charge is 0.504 e. The van der Waals surface area contributed by atoms with Crippen molar-refractivity contribution in [3.63, 3.8) is 0 Å². The second kappa shape index (κ2) is 5.93. The fourth-order valence-electron chi connectivity index (χ4n) is 2.37. The van der Waals surface area contributed by atoms with E-state index in [4.69, 9.17) is 9.47 Å². The Labute approximate surface area is 128 Å². The maximum absolute atomic E-state index is 12.5. The summed E-state index contributed by atoms with van der Waals surface area (Å²) in [7, 11) is 0. The first-order valence-corrected chi connectivity index (χ1v) is 7.12. The van der Waals surface area contributed by atoms with Gasteiger partial charge in [-0.05, 0) is 42.8 Å². The summed E-state index contributed by atoms with van der Waals surface area (Å²) in [6.45, 7) is 2.55. The van der Waals surface area contributed by atoms with Gasteiger partial charge in [-0.15, -0.1) is 0 Å². The van der Waals surface area contributed by atoms with E-state index < -0.39 is 0 Å². The highest BCUT2D eigenvalue weighted by molar-refractivity contribution is 6.14. The zero-order chi connectivity index (χ0) is 15.5. The molecule has 0 aromatic heterocycles. The van der Waals surface area contributed by atoms with Gasteiger partial charge in [-0.3, -0.25) is 4.79 Å². The minimum Gasteiger partial charge on any atom is -0.504 e. The molecule has 1 aliphatic heterocycles. The van der Waals surface area contributed by atoms with Gasteiger partial charge in [0.05, 0.1) is 12.2 Å². The molecule has 2 aromatic carbocycles. The van der Waals surface area contributed by atoms with Crippen molar-refractivity contribution in [1.82, 2.24) is 0 Å². The lowest BCUT2D eigenvalue weighted by Gasteiger charge is -2.18. The van der Waals surface area contributed by atoms with E-state index in [2.05, 4.69) is 0 Å². The van der Waals surface area contributed by atoms with Crippen LogP contribution < -0.4 is 9.47 Å². The van der Waals surface area contributed by atoms with Gasteiger partial charge in [0, 0.05) is 5.57 Å². The van der Waals surface area contributed by atoms with E-state index >= 15 is 0 Å². The smallest absolute Gasteiger partial charge is 0.196 e. The molecule has 4 nitrogen and oxygen atoms in total. The Morgan fingerprint density at radius 2 is 2.09 bits per heavy atom. The molecule has 4 heteroatoms. The van der Waals surface area contributed by atoms with Gasteiger partial charge in [0.25, 0.3) is 0 Å². The summed E-state index contributed by atoms with van der Waals surface area (Å²) in [4.78, 5) is 12.5. The van der Waals surface area contributed by atoms with Gasteiger partial charge in [-0.1, -0.05) is 18.2 Å². The Hall–Kier alpha value is -2.75. The number of rotatable bonds is 3. The number of aromatic hydroxyl groups is 1. The van der Waals surface area contributed by atoms with Crippen molar-refractivity contribution in [2.45, 2.75) is 6.92 Å². The molecule has 0 saturated heterocycles. The number of phenolic OH excluding ortho intramolecular Hbond substituents is 1. The molecule has 0 spiro atoms. The summed E-state index contributed by atoms with van der Waals surface area (Å²) in [6.07, 6.45) is 1.76. The third-order valence-electron chi connectivity index (χ3n) is 3.43. The average Bonchev–Trinajstić information content (AvgIpc) is 2.54. The van der Waals surface area contributed by atoms with E-state index in [-0.39, 0.29) is 18.1 Å². The van der Waals surface area contributed by atoms with Crippen LogP contribution in [0.2, 0.25) is 0 Å². The third kappa shape index (κ3) is 2.68. The van der Waals surface area contributed by atoms with Crippen LogP contribution in [0.4, 0.5) is 0 Å². The Kier molecular flexibility index (Phi) is 3.83. The first kappa shape index (κ1) is 14.2. The number of fused-ring (bicyclic) bond motifs is 1. The van der Waals surface area contributed by atoms with Crippen LogP contribution in [0.1, 0.15) is 22.8 Å². The highest BCUT2D eigenvalue weighted by Gasteiger charge is 2.22. The molecule has 0 fully saturated rings. The second-order valence-corrected chi connectivity index (χ2v) is 4.94. The number of hydrogen-bond donors (Lipinski definition) is 1. The molecule has 2 aromatic rings. The molecule has 0 bridgehead atoms. The Balaban J connectivity index is 1.93. The van der Waals surface area contributed by atoms with E-state index in [9.17, 15) is 9.90 Å². The van der Waals surface area contributed by atoms with E-state index in [0.29, 0.717) is 29.2 Å². The SMILES string of the molecule is CCOc1cc(/C=C2\COc3ccccc3C2=O)ccc1O. The summed E-state index contributed by atoms with van der Waals surface area (Å²) >= 11 is 0. The second-order valence-electron chi connectivity index (χ2n) is 4.94.